The fourth-order valence-electron chi connectivity index (χ4n) is 4.44. The molecule has 0 saturated heterocycles. The second kappa shape index (κ2) is 8.40. The highest BCUT2D eigenvalue weighted by Gasteiger charge is 2.29. The molecule has 0 unspecified atom stereocenters. The summed E-state index contributed by atoms with van der Waals surface area (Å²) in [7, 11) is 0. The van der Waals surface area contributed by atoms with Crippen molar-refractivity contribution < 1.29 is 9.59 Å². The van der Waals surface area contributed by atoms with Crippen molar-refractivity contribution in [1.82, 2.24) is 39.9 Å². The van der Waals surface area contributed by atoms with Crippen LogP contribution in [0.4, 0.5) is 5.69 Å². The molecule has 2 saturated carbocycles. The second-order valence-electron chi connectivity index (χ2n) is 8.99. The highest BCUT2D eigenvalue weighted by atomic mass is 16.2. The van der Waals surface area contributed by atoms with Gasteiger partial charge in [-0.25, -0.2) is 9.50 Å². The molecular formula is C23H25N9O2. The molecule has 0 bridgehead atoms. The average Bonchev–Trinajstić information content (AvgIpc) is 3.25. The van der Waals surface area contributed by atoms with Crippen LogP contribution in [-0.2, 0) is 0 Å². The lowest BCUT2D eigenvalue weighted by Gasteiger charge is -2.21. The Labute approximate surface area is 195 Å². The van der Waals surface area contributed by atoms with Crippen LogP contribution in [0.2, 0.25) is 0 Å². The van der Waals surface area contributed by atoms with E-state index in [0.717, 1.165) is 44.1 Å². The molecule has 2 fully saturated rings. The third-order valence-electron chi connectivity index (χ3n) is 6.46. The monoisotopic (exact) mass is 459 g/mol. The topological polar surface area (TPSA) is 135 Å². The van der Waals surface area contributed by atoms with Gasteiger partial charge in [0.1, 0.15) is 5.56 Å². The normalized spacial score (nSPS) is 16.6. The average molecular weight is 460 g/mol. The van der Waals surface area contributed by atoms with Crippen molar-refractivity contribution in [3.8, 4) is 11.3 Å². The number of carbonyl (C=O) groups excluding carboxylic acids is 2. The number of H-pyrrole nitrogens is 1. The molecule has 0 spiro atoms. The number of aromatic amines is 1. The van der Waals surface area contributed by atoms with Crippen molar-refractivity contribution in [2.24, 2.45) is 0 Å². The smallest absolute Gasteiger partial charge is 0.274 e. The molecule has 0 aliphatic heterocycles. The van der Waals surface area contributed by atoms with Gasteiger partial charge in [-0.2, -0.15) is 15.3 Å². The summed E-state index contributed by atoms with van der Waals surface area (Å²) in [6.07, 6.45) is 15.9. The maximum Gasteiger partial charge on any atom is 0.274 e. The van der Waals surface area contributed by atoms with Gasteiger partial charge in [0.25, 0.3) is 11.8 Å². The van der Waals surface area contributed by atoms with Crippen LogP contribution in [0.15, 0.2) is 37.1 Å². The van der Waals surface area contributed by atoms with Crippen LogP contribution in [0.5, 0.6) is 0 Å². The van der Waals surface area contributed by atoms with Gasteiger partial charge < -0.3 is 10.6 Å². The zero-order valence-electron chi connectivity index (χ0n) is 18.6. The second-order valence-corrected chi connectivity index (χ2v) is 8.99. The highest BCUT2D eigenvalue weighted by Crippen LogP contribution is 2.30. The van der Waals surface area contributed by atoms with E-state index >= 15 is 0 Å². The zero-order chi connectivity index (χ0) is 23.1. The van der Waals surface area contributed by atoms with Gasteiger partial charge in [-0.3, -0.25) is 19.4 Å². The van der Waals surface area contributed by atoms with E-state index in [0.29, 0.717) is 22.6 Å². The molecule has 3 N–H and O–H groups in total. The van der Waals surface area contributed by atoms with E-state index in [4.69, 9.17) is 0 Å². The predicted molar refractivity (Wildman–Crippen MR) is 123 cm³/mol. The largest absolute Gasteiger partial charge is 0.348 e. The van der Waals surface area contributed by atoms with Gasteiger partial charge in [-0.15, -0.1) is 0 Å². The van der Waals surface area contributed by atoms with Crippen molar-refractivity contribution in [1.29, 1.82) is 0 Å². The fraction of sp³-hybridized carbons (Fsp3) is 0.391. The molecule has 4 aromatic heterocycles. The molecule has 4 aromatic rings. The van der Waals surface area contributed by atoms with E-state index in [1.807, 2.05) is 4.68 Å². The minimum atomic E-state index is -0.393. The Morgan fingerprint density at radius 2 is 1.91 bits per heavy atom. The Morgan fingerprint density at radius 1 is 1.06 bits per heavy atom. The Kier molecular flexibility index (Phi) is 5.08. The first-order valence-electron chi connectivity index (χ1n) is 11.7. The van der Waals surface area contributed by atoms with Crippen molar-refractivity contribution in [2.75, 3.05) is 5.32 Å². The van der Waals surface area contributed by atoms with Crippen LogP contribution in [-0.4, -0.2) is 52.4 Å². The first-order valence-corrected chi connectivity index (χ1v) is 11.7. The lowest BCUT2D eigenvalue weighted by Crippen LogP contribution is -2.27. The summed E-state index contributed by atoms with van der Waals surface area (Å²) in [5.74, 6) is -0.650. The van der Waals surface area contributed by atoms with Gasteiger partial charge >= 0.3 is 0 Å². The van der Waals surface area contributed by atoms with Crippen molar-refractivity contribution in [3.05, 3.63) is 48.3 Å². The van der Waals surface area contributed by atoms with Gasteiger partial charge in [0.2, 0.25) is 0 Å². The number of anilines is 1. The van der Waals surface area contributed by atoms with E-state index in [1.165, 1.54) is 12.6 Å². The SMILES string of the molecule is O=C(NC1CC1)c1nn(C2CCCCC2)cc1NC(=O)c1cnn2ccc(-c3cn[nH]c3)nc12. The number of rotatable bonds is 6. The number of carbonyl (C=O) groups is 2. The van der Waals surface area contributed by atoms with Gasteiger partial charge in [-0.1, -0.05) is 19.3 Å². The number of nitrogens with one attached hydrogen (secondary N) is 3. The Morgan fingerprint density at radius 3 is 2.68 bits per heavy atom. The van der Waals surface area contributed by atoms with Gasteiger partial charge in [0.05, 0.1) is 29.8 Å². The van der Waals surface area contributed by atoms with Crippen LogP contribution in [0.25, 0.3) is 16.9 Å². The predicted octanol–water partition coefficient (Wildman–Crippen LogP) is 2.97. The Bertz CT molecular complexity index is 1340. The molecule has 34 heavy (non-hydrogen) atoms. The Hall–Kier alpha value is -4.02. The number of nitrogens with zero attached hydrogens (tertiary/aromatic N) is 6. The van der Waals surface area contributed by atoms with Crippen molar-refractivity contribution in [3.63, 3.8) is 0 Å². The van der Waals surface area contributed by atoms with Crippen molar-refractivity contribution in [2.45, 2.75) is 57.0 Å². The summed E-state index contributed by atoms with van der Waals surface area (Å²) in [5, 5.41) is 21.5. The number of aromatic nitrogens is 7. The maximum absolute atomic E-state index is 13.3. The molecule has 0 radical (unpaired) electrons. The number of hydrogen-bond acceptors (Lipinski definition) is 6. The lowest BCUT2D eigenvalue weighted by molar-refractivity contribution is 0.0945. The first kappa shape index (κ1) is 20.6. The van der Waals surface area contributed by atoms with Gasteiger partial charge in [-0.05, 0) is 31.7 Å². The summed E-state index contributed by atoms with van der Waals surface area (Å²) in [4.78, 5) is 30.8. The van der Waals surface area contributed by atoms with Crippen LogP contribution in [0.3, 0.4) is 0 Å². The quantitative estimate of drug-likeness (QED) is 0.406. The number of fused-ring (bicyclic) bond motifs is 1. The number of hydrogen-bond donors (Lipinski definition) is 3. The van der Waals surface area contributed by atoms with Gasteiger partial charge in [0.15, 0.2) is 11.3 Å². The summed E-state index contributed by atoms with van der Waals surface area (Å²) in [6.45, 7) is 0. The molecule has 2 amide bonds. The first-order chi connectivity index (χ1) is 16.7. The molecule has 4 heterocycles. The zero-order valence-corrected chi connectivity index (χ0v) is 18.6. The molecule has 11 heteroatoms. The summed E-state index contributed by atoms with van der Waals surface area (Å²) in [6, 6.07) is 2.24. The highest BCUT2D eigenvalue weighted by molar-refractivity contribution is 6.11. The van der Waals surface area contributed by atoms with E-state index in [1.54, 1.807) is 35.4 Å². The summed E-state index contributed by atoms with van der Waals surface area (Å²) >= 11 is 0. The molecule has 2 aliphatic rings. The molecular weight excluding hydrogens is 434 g/mol. The minimum Gasteiger partial charge on any atom is -0.348 e. The van der Waals surface area contributed by atoms with Crippen LogP contribution in [0, 0.1) is 0 Å². The molecule has 0 aromatic carbocycles. The summed E-state index contributed by atoms with van der Waals surface area (Å²) in [5.41, 5.74) is 2.85. The van der Waals surface area contributed by atoms with Crippen LogP contribution < -0.4 is 10.6 Å². The van der Waals surface area contributed by atoms with E-state index in [-0.39, 0.29) is 23.7 Å². The van der Waals surface area contributed by atoms with Crippen LogP contribution >= 0.6 is 0 Å². The molecule has 6 rings (SSSR count). The lowest BCUT2D eigenvalue weighted by atomic mass is 9.96. The Balaban J connectivity index is 1.31. The molecule has 11 nitrogen and oxygen atoms in total. The minimum absolute atomic E-state index is 0.195. The van der Waals surface area contributed by atoms with E-state index in [2.05, 4.69) is 36.0 Å². The van der Waals surface area contributed by atoms with E-state index < -0.39 is 5.91 Å². The maximum atomic E-state index is 13.3. The number of amides is 2. The third kappa shape index (κ3) is 3.93. The van der Waals surface area contributed by atoms with Crippen molar-refractivity contribution >= 4 is 23.1 Å². The standard InChI is InChI=1S/C23H25N9O2/c33-22(17-12-26-31-9-8-18(28-21(17)31)14-10-24-25-11-14)29-19-13-32(16-4-2-1-3-5-16)30-20(19)23(34)27-15-6-7-15/h8-13,15-16H,1-7H2,(H,24,25)(H,27,34)(H,29,33). The van der Waals surface area contributed by atoms with E-state index in [9.17, 15) is 9.59 Å². The van der Waals surface area contributed by atoms with Crippen LogP contribution in [0.1, 0.15) is 71.8 Å². The third-order valence-corrected chi connectivity index (χ3v) is 6.46. The van der Waals surface area contributed by atoms with Gasteiger partial charge in [0, 0.05) is 30.2 Å². The fourth-order valence-corrected chi connectivity index (χ4v) is 4.44. The molecule has 0 atom stereocenters. The molecule has 174 valence electrons. The molecule has 2 aliphatic carbocycles. The summed E-state index contributed by atoms with van der Waals surface area (Å²) < 4.78 is 3.40.